The first kappa shape index (κ1) is 33.7. The van der Waals surface area contributed by atoms with Gasteiger partial charge in [-0.2, -0.15) is 0 Å². The highest BCUT2D eigenvalue weighted by Crippen LogP contribution is 2.30. The molecule has 226 valence electrons. The van der Waals surface area contributed by atoms with E-state index in [0.717, 1.165) is 11.8 Å². The van der Waals surface area contributed by atoms with Crippen molar-refractivity contribution in [3.8, 4) is 0 Å². The quantitative estimate of drug-likeness (QED) is 0.224. The van der Waals surface area contributed by atoms with E-state index in [1.165, 1.54) is 9.21 Å². The summed E-state index contributed by atoms with van der Waals surface area (Å²) in [5.74, 6) is -0.639. The molecular formula is C31H36Cl3N3O4S. The number of halogens is 3. The van der Waals surface area contributed by atoms with Gasteiger partial charge in [0.15, 0.2) is 0 Å². The number of carbonyl (C=O) groups is 2. The largest absolute Gasteiger partial charge is 0.352 e. The second-order valence-corrected chi connectivity index (χ2v) is 13.5. The summed E-state index contributed by atoms with van der Waals surface area (Å²) in [6.07, 6.45) is 1.57. The summed E-state index contributed by atoms with van der Waals surface area (Å²) >= 11 is 19.2. The van der Waals surface area contributed by atoms with Crippen molar-refractivity contribution in [3.63, 3.8) is 0 Å². The van der Waals surface area contributed by atoms with Crippen LogP contribution in [0.25, 0.3) is 0 Å². The first-order valence-corrected chi connectivity index (χ1v) is 16.6. The molecule has 42 heavy (non-hydrogen) atoms. The Morgan fingerprint density at radius 2 is 1.48 bits per heavy atom. The topological polar surface area (TPSA) is 86.8 Å². The maximum absolute atomic E-state index is 14.0. The van der Waals surface area contributed by atoms with Gasteiger partial charge in [-0.3, -0.25) is 13.9 Å². The number of nitrogens with one attached hydrogen (secondary N) is 1. The summed E-state index contributed by atoms with van der Waals surface area (Å²) in [4.78, 5) is 29.0. The molecule has 0 aliphatic carbocycles. The molecule has 0 aromatic heterocycles. The van der Waals surface area contributed by atoms with Gasteiger partial charge in [0.2, 0.25) is 21.8 Å². The van der Waals surface area contributed by atoms with Crippen molar-refractivity contribution in [2.45, 2.75) is 58.7 Å². The van der Waals surface area contributed by atoms with Crippen LogP contribution >= 0.6 is 34.8 Å². The Bertz CT molecular complexity index is 1480. The van der Waals surface area contributed by atoms with Gasteiger partial charge in [-0.05, 0) is 62.6 Å². The summed E-state index contributed by atoms with van der Waals surface area (Å²) in [6, 6.07) is 18.6. The molecule has 0 radical (unpaired) electrons. The van der Waals surface area contributed by atoms with Crippen molar-refractivity contribution in [3.05, 3.63) is 98.5 Å². The summed E-state index contributed by atoms with van der Waals surface area (Å²) in [5, 5.41) is 4.14. The summed E-state index contributed by atoms with van der Waals surface area (Å²) in [5.41, 5.74) is 2.48. The molecule has 0 aliphatic heterocycles. The van der Waals surface area contributed by atoms with Gasteiger partial charge >= 0.3 is 0 Å². The Morgan fingerprint density at radius 1 is 0.881 bits per heavy atom. The van der Waals surface area contributed by atoms with Crippen molar-refractivity contribution >= 4 is 62.3 Å². The van der Waals surface area contributed by atoms with Gasteiger partial charge in [0.05, 0.1) is 11.9 Å². The van der Waals surface area contributed by atoms with Crippen LogP contribution in [0.1, 0.15) is 43.4 Å². The molecule has 0 heterocycles. The van der Waals surface area contributed by atoms with Crippen LogP contribution in [0.15, 0.2) is 66.7 Å². The van der Waals surface area contributed by atoms with Crippen LogP contribution in [0.3, 0.4) is 0 Å². The highest BCUT2D eigenvalue weighted by Gasteiger charge is 2.32. The Hall–Kier alpha value is -2.78. The highest BCUT2D eigenvalue weighted by atomic mass is 35.5. The zero-order valence-electron chi connectivity index (χ0n) is 24.1. The number of amides is 2. The third kappa shape index (κ3) is 9.11. The number of carbonyl (C=O) groups excluding carboxylic acids is 2. The van der Waals surface area contributed by atoms with E-state index in [4.69, 9.17) is 34.8 Å². The number of sulfonamides is 1. The lowest BCUT2D eigenvalue weighted by Gasteiger charge is -2.33. The van der Waals surface area contributed by atoms with E-state index in [1.54, 1.807) is 43.3 Å². The fraction of sp³-hybridized carbons (Fsp3) is 0.355. The SMILES string of the molecule is Cc1c(Cl)cccc1N(CCCC(=O)N(Cc1c(Cl)cccc1Cl)C(Cc1ccccc1)C(=O)NC(C)C)S(C)(=O)=O. The van der Waals surface area contributed by atoms with Gasteiger partial charge in [0.25, 0.3) is 0 Å². The number of rotatable bonds is 13. The monoisotopic (exact) mass is 651 g/mol. The number of anilines is 1. The van der Waals surface area contributed by atoms with Gasteiger partial charge in [0, 0.05) is 52.6 Å². The molecule has 0 fully saturated rings. The average molecular weight is 653 g/mol. The third-order valence-electron chi connectivity index (χ3n) is 6.75. The van der Waals surface area contributed by atoms with E-state index in [1.807, 2.05) is 44.2 Å². The van der Waals surface area contributed by atoms with E-state index in [0.29, 0.717) is 31.9 Å². The third-order valence-corrected chi connectivity index (χ3v) is 9.05. The lowest BCUT2D eigenvalue weighted by molar-refractivity contribution is -0.141. The fourth-order valence-corrected chi connectivity index (χ4v) is 6.34. The molecule has 0 saturated carbocycles. The molecular weight excluding hydrogens is 617 g/mol. The maximum atomic E-state index is 14.0. The minimum Gasteiger partial charge on any atom is -0.352 e. The molecule has 1 atom stereocenters. The molecule has 0 bridgehead atoms. The second-order valence-electron chi connectivity index (χ2n) is 10.4. The second kappa shape index (κ2) is 15.1. The average Bonchev–Trinajstić information content (AvgIpc) is 2.91. The van der Waals surface area contributed by atoms with Crippen LogP contribution in [-0.4, -0.2) is 50.0 Å². The van der Waals surface area contributed by atoms with Crippen LogP contribution in [-0.2, 0) is 32.6 Å². The molecule has 1 unspecified atom stereocenters. The molecule has 1 N–H and O–H groups in total. The molecule has 3 aromatic carbocycles. The Kier molecular flexibility index (Phi) is 12.1. The molecule has 0 aliphatic rings. The standard InChI is InChI=1S/C31H36Cl3N3O4S/c1-21(2)35-31(39)29(19-23-11-6-5-7-12-23)36(20-24-26(33)14-8-15-27(24)34)30(38)17-10-18-37(42(4,40)41)28-16-9-13-25(32)22(28)3/h5-9,11-16,21,29H,10,17-20H2,1-4H3,(H,35,39). The van der Waals surface area contributed by atoms with Crippen LogP contribution in [0, 0.1) is 6.92 Å². The van der Waals surface area contributed by atoms with Crippen molar-refractivity contribution in [1.29, 1.82) is 0 Å². The van der Waals surface area contributed by atoms with Gasteiger partial charge in [-0.25, -0.2) is 8.42 Å². The van der Waals surface area contributed by atoms with Gasteiger partial charge < -0.3 is 10.2 Å². The van der Waals surface area contributed by atoms with E-state index >= 15 is 0 Å². The van der Waals surface area contributed by atoms with E-state index in [9.17, 15) is 18.0 Å². The van der Waals surface area contributed by atoms with E-state index in [-0.39, 0.29) is 50.2 Å². The molecule has 3 rings (SSSR count). The molecule has 3 aromatic rings. The minimum atomic E-state index is -3.67. The molecule has 2 amide bonds. The normalized spacial score (nSPS) is 12.2. The van der Waals surface area contributed by atoms with Gasteiger partial charge in [-0.15, -0.1) is 0 Å². The Morgan fingerprint density at radius 3 is 2.07 bits per heavy atom. The molecule has 11 heteroatoms. The maximum Gasteiger partial charge on any atom is 0.243 e. The zero-order chi connectivity index (χ0) is 31.0. The number of hydrogen-bond donors (Lipinski definition) is 1. The molecule has 0 saturated heterocycles. The number of hydrogen-bond acceptors (Lipinski definition) is 4. The Labute approximate surface area is 263 Å². The van der Waals surface area contributed by atoms with Gasteiger partial charge in [-0.1, -0.05) is 77.3 Å². The zero-order valence-corrected chi connectivity index (χ0v) is 27.2. The Balaban J connectivity index is 1.94. The van der Waals surface area contributed by atoms with Crippen molar-refractivity contribution in [1.82, 2.24) is 10.2 Å². The van der Waals surface area contributed by atoms with E-state index < -0.39 is 16.1 Å². The lowest BCUT2D eigenvalue weighted by Crippen LogP contribution is -2.52. The smallest absolute Gasteiger partial charge is 0.243 e. The predicted octanol–water partition coefficient (Wildman–Crippen LogP) is 6.67. The molecule has 7 nitrogen and oxygen atoms in total. The van der Waals surface area contributed by atoms with Crippen LogP contribution in [0.5, 0.6) is 0 Å². The first-order valence-electron chi connectivity index (χ1n) is 13.6. The number of benzene rings is 3. The summed E-state index contributed by atoms with van der Waals surface area (Å²) < 4.78 is 26.7. The number of nitrogens with zero attached hydrogens (tertiary/aromatic N) is 2. The van der Waals surface area contributed by atoms with Gasteiger partial charge in [0.1, 0.15) is 6.04 Å². The lowest BCUT2D eigenvalue weighted by atomic mass is 10.0. The van der Waals surface area contributed by atoms with Crippen molar-refractivity contribution in [2.24, 2.45) is 0 Å². The predicted molar refractivity (Wildman–Crippen MR) is 172 cm³/mol. The van der Waals surface area contributed by atoms with Crippen molar-refractivity contribution < 1.29 is 18.0 Å². The minimum absolute atomic E-state index is 0.00352. The van der Waals surface area contributed by atoms with E-state index in [2.05, 4.69) is 5.32 Å². The van der Waals surface area contributed by atoms with Crippen LogP contribution < -0.4 is 9.62 Å². The summed E-state index contributed by atoms with van der Waals surface area (Å²) in [6.45, 7) is 5.51. The molecule has 0 spiro atoms. The summed E-state index contributed by atoms with van der Waals surface area (Å²) in [7, 11) is -3.67. The van der Waals surface area contributed by atoms with Crippen molar-refractivity contribution in [2.75, 3.05) is 17.1 Å². The fourth-order valence-electron chi connectivity index (χ4n) is 4.64. The van der Waals surface area contributed by atoms with Crippen LogP contribution in [0.4, 0.5) is 5.69 Å². The van der Waals surface area contributed by atoms with Crippen LogP contribution in [0.2, 0.25) is 15.1 Å². The first-order chi connectivity index (χ1) is 19.8. The highest BCUT2D eigenvalue weighted by molar-refractivity contribution is 7.92.